The standard InChI is InChI=1S/C12H20N4O2/c1-9(2)6-14-12-15-7-10(8-16-12)11(17)13-4-5-18-3/h7-9H,4-6H2,1-3H3,(H,13,17)(H,14,15,16). The summed E-state index contributed by atoms with van der Waals surface area (Å²) in [6.45, 7) is 5.97. The summed E-state index contributed by atoms with van der Waals surface area (Å²) in [5.74, 6) is 0.866. The van der Waals surface area contributed by atoms with Gasteiger partial charge in [0.15, 0.2) is 0 Å². The lowest BCUT2D eigenvalue weighted by Gasteiger charge is -2.07. The molecule has 0 saturated heterocycles. The molecule has 6 heteroatoms. The van der Waals surface area contributed by atoms with E-state index in [1.54, 1.807) is 7.11 Å². The van der Waals surface area contributed by atoms with E-state index in [4.69, 9.17) is 4.74 Å². The Labute approximate surface area is 107 Å². The molecule has 1 amide bonds. The molecule has 0 atom stereocenters. The zero-order chi connectivity index (χ0) is 13.4. The van der Waals surface area contributed by atoms with Crippen LogP contribution in [0.3, 0.4) is 0 Å². The molecule has 0 aliphatic carbocycles. The van der Waals surface area contributed by atoms with E-state index in [2.05, 4.69) is 34.4 Å². The molecule has 1 aromatic heterocycles. The highest BCUT2D eigenvalue weighted by molar-refractivity contribution is 5.93. The third kappa shape index (κ3) is 5.09. The Morgan fingerprint density at radius 2 is 2.06 bits per heavy atom. The van der Waals surface area contributed by atoms with Gasteiger partial charge in [0.25, 0.3) is 5.91 Å². The minimum Gasteiger partial charge on any atom is -0.383 e. The summed E-state index contributed by atoms with van der Waals surface area (Å²) in [5.41, 5.74) is 0.446. The molecule has 0 aromatic carbocycles. The van der Waals surface area contributed by atoms with Crippen LogP contribution in [0, 0.1) is 5.92 Å². The monoisotopic (exact) mass is 252 g/mol. The molecule has 0 bridgehead atoms. The van der Waals surface area contributed by atoms with Crippen molar-refractivity contribution in [1.82, 2.24) is 15.3 Å². The van der Waals surface area contributed by atoms with E-state index < -0.39 is 0 Å². The third-order valence-electron chi connectivity index (χ3n) is 2.17. The quantitative estimate of drug-likeness (QED) is 0.706. The molecule has 0 fully saturated rings. The van der Waals surface area contributed by atoms with Gasteiger partial charge < -0.3 is 15.4 Å². The second-order valence-corrected chi connectivity index (χ2v) is 4.32. The van der Waals surface area contributed by atoms with E-state index in [0.29, 0.717) is 30.6 Å². The van der Waals surface area contributed by atoms with Crippen LogP contribution in [-0.4, -0.2) is 42.7 Å². The minimum atomic E-state index is -0.192. The Hall–Kier alpha value is -1.69. The molecule has 0 unspecified atom stereocenters. The molecule has 0 aliphatic heterocycles. The van der Waals surface area contributed by atoms with Crippen LogP contribution < -0.4 is 10.6 Å². The van der Waals surface area contributed by atoms with Crippen LogP contribution in [-0.2, 0) is 4.74 Å². The lowest BCUT2D eigenvalue weighted by Crippen LogP contribution is -2.27. The lowest BCUT2D eigenvalue weighted by molar-refractivity contribution is 0.0936. The number of amides is 1. The molecule has 1 aromatic rings. The Morgan fingerprint density at radius 1 is 1.39 bits per heavy atom. The van der Waals surface area contributed by atoms with Crippen LogP contribution in [0.1, 0.15) is 24.2 Å². The molecule has 1 rings (SSSR count). The van der Waals surface area contributed by atoms with Crippen molar-refractivity contribution < 1.29 is 9.53 Å². The number of nitrogens with one attached hydrogen (secondary N) is 2. The molecule has 0 saturated carbocycles. The van der Waals surface area contributed by atoms with Crippen LogP contribution >= 0.6 is 0 Å². The molecular weight excluding hydrogens is 232 g/mol. The highest BCUT2D eigenvalue weighted by atomic mass is 16.5. The number of rotatable bonds is 7. The molecule has 1 heterocycles. The first-order valence-corrected chi connectivity index (χ1v) is 5.96. The highest BCUT2D eigenvalue weighted by Crippen LogP contribution is 2.01. The van der Waals surface area contributed by atoms with Gasteiger partial charge >= 0.3 is 0 Å². The van der Waals surface area contributed by atoms with Gasteiger partial charge in [0.2, 0.25) is 5.95 Å². The van der Waals surface area contributed by atoms with Crippen molar-refractivity contribution in [3.05, 3.63) is 18.0 Å². The van der Waals surface area contributed by atoms with Gasteiger partial charge in [0, 0.05) is 32.6 Å². The summed E-state index contributed by atoms with van der Waals surface area (Å²) in [4.78, 5) is 19.8. The Bertz CT molecular complexity index is 365. The van der Waals surface area contributed by atoms with E-state index >= 15 is 0 Å². The highest BCUT2D eigenvalue weighted by Gasteiger charge is 2.06. The first kappa shape index (κ1) is 14.4. The number of aromatic nitrogens is 2. The normalized spacial score (nSPS) is 10.4. The SMILES string of the molecule is COCCNC(=O)c1cnc(NCC(C)C)nc1. The largest absolute Gasteiger partial charge is 0.383 e. The fourth-order valence-electron chi connectivity index (χ4n) is 1.20. The van der Waals surface area contributed by atoms with E-state index in [1.807, 2.05) is 0 Å². The minimum absolute atomic E-state index is 0.192. The van der Waals surface area contributed by atoms with Gasteiger partial charge in [-0.25, -0.2) is 9.97 Å². The van der Waals surface area contributed by atoms with Gasteiger partial charge in [-0.2, -0.15) is 0 Å². The maximum absolute atomic E-state index is 11.6. The lowest BCUT2D eigenvalue weighted by atomic mass is 10.2. The number of ether oxygens (including phenoxy) is 1. The predicted octanol–water partition coefficient (Wildman–Crippen LogP) is 0.921. The van der Waals surface area contributed by atoms with Gasteiger partial charge in [0.1, 0.15) is 0 Å². The van der Waals surface area contributed by atoms with Crippen LogP contribution in [0.15, 0.2) is 12.4 Å². The summed E-state index contributed by atoms with van der Waals surface area (Å²) in [6, 6.07) is 0. The van der Waals surface area contributed by atoms with Gasteiger partial charge in [0.05, 0.1) is 12.2 Å². The fraction of sp³-hybridized carbons (Fsp3) is 0.583. The molecular formula is C12H20N4O2. The van der Waals surface area contributed by atoms with Crippen molar-refractivity contribution in [2.45, 2.75) is 13.8 Å². The maximum Gasteiger partial charge on any atom is 0.254 e. The van der Waals surface area contributed by atoms with Crippen LogP contribution in [0.2, 0.25) is 0 Å². The number of carbonyl (C=O) groups excluding carboxylic acids is 1. The molecule has 6 nitrogen and oxygen atoms in total. The van der Waals surface area contributed by atoms with Crippen LogP contribution in [0.25, 0.3) is 0 Å². The predicted molar refractivity (Wildman–Crippen MR) is 69.6 cm³/mol. The average molecular weight is 252 g/mol. The Kier molecular flexibility index (Phi) is 6.07. The zero-order valence-corrected chi connectivity index (χ0v) is 11.1. The summed E-state index contributed by atoms with van der Waals surface area (Å²) in [6.07, 6.45) is 3.02. The molecule has 0 radical (unpaired) electrons. The van der Waals surface area contributed by atoms with Gasteiger partial charge in [-0.1, -0.05) is 13.8 Å². The average Bonchev–Trinajstić information content (AvgIpc) is 2.37. The third-order valence-corrected chi connectivity index (χ3v) is 2.17. The van der Waals surface area contributed by atoms with Crippen molar-refractivity contribution in [3.8, 4) is 0 Å². The number of methoxy groups -OCH3 is 1. The number of anilines is 1. The summed E-state index contributed by atoms with van der Waals surface area (Å²) < 4.78 is 4.85. The molecule has 100 valence electrons. The first-order chi connectivity index (χ1) is 8.63. The molecule has 0 spiro atoms. The topological polar surface area (TPSA) is 76.1 Å². The second kappa shape index (κ2) is 7.60. The molecule has 0 aliphatic rings. The van der Waals surface area contributed by atoms with Gasteiger partial charge in [-0.05, 0) is 5.92 Å². The second-order valence-electron chi connectivity index (χ2n) is 4.32. The fourth-order valence-corrected chi connectivity index (χ4v) is 1.20. The van der Waals surface area contributed by atoms with E-state index in [-0.39, 0.29) is 5.91 Å². The zero-order valence-electron chi connectivity index (χ0n) is 11.1. The number of nitrogens with zero attached hydrogens (tertiary/aromatic N) is 2. The molecule has 2 N–H and O–H groups in total. The van der Waals surface area contributed by atoms with Crippen molar-refractivity contribution in [2.24, 2.45) is 5.92 Å². The molecule has 18 heavy (non-hydrogen) atoms. The van der Waals surface area contributed by atoms with Gasteiger partial charge in [-0.15, -0.1) is 0 Å². The number of hydrogen-bond donors (Lipinski definition) is 2. The van der Waals surface area contributed by atoms with E-state index in [0.717, 1.165) is 6.54 Å². The van der Waals surface area contributed by atoms with Crippen LogP contribution in [0.4, 0.5) is 5.95 Å². The van der Waals surface area contributed by atoms with E-state index in [9.17, 15) is 4.79 Å². The summed E-state index contributed by atoms with van der Waals surface area (Å²) in [5, 5.41) is 5.79. The first-order valence-electron chi connectivity index (χ1n) is 5.96. The smallest absolute Gasteiger partial charge is 0.254 e. The van der Waals surface area contributed by atoms with Crippen molar-refractivity contribution >= 4 is 11.9 Å². The maximum atomic E-state index is 11.6. The van der Waals surface area contributed by atoms with Crippen molar-refractivity contribution in [3.63, 3.8) is 0 Å². The summed E-state index contributed by atoms with van der Waals surface area (Å²) in [7, 11) is 1.59. The van der Waals surface area contributed by atoms with Crippen LogP contribution in [0.5, 0.6) is 0 Å². The Balaban J connectivity index is 2.46. The Morgan fingerprint density at radius 3 is 2.61 bits per heavy atom. The van der Waals surface area contributed by atoms with Crippen molar-refractivity contribution in [1.29, 1.82) is 0 Å². The van der Waals surface area contributed by atoms with E-state index in [1.165, 1.54) is 12.4 Å². The number of carbonyl (C=O) groups is 1. The van der Waals surface area contributed by atoms with Crippen molar-refractivity contribution in [2.75, 3.05) is 32.1 Å². The summed E-state index contributed by atoms with van der Waals surface area (Å²) >= 11 is 0. The number of hydrogen-bond acceptors (Lipinski definition) is 5. The van der Waals surface area contributed by atoms with Gasteiger partial charge in [-0.3, -0.25) is 4.79 Å².